The third kappa shape index (κ3) is 8.77. The Labute approximate surface area is 197 Å². The number of thioether (sulfide) groups is 1. The van der Waals surface area contributed by atoms with Gasteiger partial charge in [-0.25, -0.2) is 5.48 Å². The van der Waals surface area contributed by atoms with Crippen molar-refractivity contribution in [3.8, 4) is 0 Å². The molecule has 3 atom stereocenters. The molecule has 0 aliphatic heterocycles. The van der Waals surface area contributed by atoms with Crippen molar-refractivity contribution in [3.63, 3.8) is 0 Å². The normalized spacial score (nSPS) is 17.8. The van der Waals surface area contributed by atoms with Crippen LogP contribution in [0, 0.1) is 23.7 Å². The van der Waals surface area contributed by atoms with Crippen LogP contribution in [0.5, 0.6) is 0 Å². The van der Waals surface area contributed by atoms with Crippen LogP contribution in [0.1, 0.15) is 72.6 Å². The van der Waals surface area contributed by atoms with E-state index in [0.717, 1.165) is 5.75 Å². The minimum absolute atomic E-state index is 0.150. The van der Waals surface area contributed by atoms with E-state index >= 15 is 0 Å². The molecule has 1 fully saturated rings. The Morgan fingerprint density at radius 3 is 2.22 bits per heavy atom. The molecule has 32 heavy (non-hydrogen) atoms. The van der Waals surface area contributed by atoms with Crippen molar-refractivity contribution in [2.45, 2.75) is 83.4 Å². The fourth-order valence-electron chi connectivity index (χ4n) is 4.40. The third-order valence-electron chi connectivity index (χ3n) is 6.32. The van der Waals surface area contributed by atoms with E-state index in [1.807, 2.05) is 27.7 Å². The van der Waals surface area contributed by atoms with Gasteiger partial charge < -0.3 is 10.6 Å². The van der Waals surface area contributed by atoms with E-state index in [9.17, 15) is 19.6 Å². The van der Waals surface area contributed by atoms with Crippen LogP contribution in [0.2, 0.25) is 0 Å². The summed E-state index contributed by atoms with van der Waals surface area (Å²) in [7, 11) is 1.56. The first-order chi connectivity index (χ1) is 15.1. The van der Waals surface area contributed by atoms with Crippen molar-refractivity contribution in [1.29, 1.82) is 0 Å². The van der Waals surface area contributed by atoms with Gasteiger partial charge >= 0.3 is 0 Å². The standard InChI is InChI=1S/C24H43N3O4S/c1-7-11-18(22(29)27-31)19(14-16(2)3)21(28)26-20(23(30)25-6)24(4,5)32-15-17-12-9-8-10-13-17/h7,16-20,31H,1,8-15H2,2-6H3,(H,25,30)(H,26,28)(H,27,29). The van der Waals surface area contributed by atoms with Gasteiger partial charge in [0.2, 0.25) is 17.7 Å². The number of rotatable bonds is 13. The van der Waals surface area contributed by atoms with Crippen LogP contribution in [-0.2, 0) is 14.4 Å². The minimum atomic E-state index is -0.761. The van der Waals surface area contributed by atoms with Crippen LogP contribution in [0.3, 0.4) is 0 Å². The van der Waals surface area contributed by atoms with E-state index in [0.29, 0.717) is 12.3 Å². The predicted octanol–water partition coefficient (Wildman–Crippen LogP) is 3.67. The zero-order valence-electron chi connectivity index (χ0n) is 20.4. The highest BCUT2D eigenvalue weighted by Crippen LogP contribution is 2.35. The fourth-order valence-corrected chi connectivity index (χ4v) is 5.73. The van der Waals surface area contributed by atoms with Crippen molar-refractivity contribution in [1.82, 2.24) is 16.1 Å². The molecule has 7 nitrogen and oxygen atoms in total. The van der Waals surface area contributed by atoms with Crippen molar-refractivity contribution in [2.24, 2.45) is 23.7 Å². The van der Waals surface area contributed by atoms with E-state index < -0.39 is 28.5 Å². The minimum Gasteiger partial charge on any atom is -0.357 e. The second-order valence-electron chi connectivity index (χ2n) is 9.82. The van der Waals surface area contributed by atoms with E-state index in [4.69, 9.17) is 0 Å². The molecule has 0 aromatic rings. The second kappa shape index (κ2) is 13.9. The molecule has 4 N–H and O–H groups in total. The summed E-state index contributed by atoms with van der Waals surface area (Å²) < 4.78 is -0.525. The first kappa shape index (κ1) is 28.5. The summed E-state index contributed by atoms with van der Waals surface area (Å²) in [6.07, 6.45) is 8.53. The van der Waals surface area contributed by atoms with Crippen LogP contribution < -0.4 is 16.1 Å². The number of hydrogen-bond acceptors (Lipinski definition) is 5. The third-order valence-corrected chi connectivity index (χ3v) is 7.94. The molecule has 0 bridgehead atoms. The van der Waals surface area contributed by atoms with Crippen molar-refractivity contribution >= 4 is 29.5 Å². The number of nitrogens with one attached hydrogen (secondary N) is 3. The molecule has 3 amide bonds. The lowest BCUT2D eigenvalue weighted by Gasteiger charge is -2.36. The first-order valence-electron chi connectivity index (χ1n) is 11.8. The monoisotopic (exact) mass is 469 g/mol. The number of carbonyl (C=O) groups is 3. The molecule has 184 valence electrons. The van der Waals surface area contributed by atoms with Gasteiger partial charge in [-0.15, -0.1) is 6.58 Å². The van der Waals surface area contributed by atoms with Crippen LogP contribution in [0.15, 0.2) is 12.7 Å². The van der Waals surface area contributed by atoms with E-state index in [1.54, 1.807) is 30.4 Å². The second-order valence-corrected chi connectivity index (χ2v) is 11.5. The molecule has 8 heteroatoms. The number of carbonyl (C=O) groups excluding carboxylic acids is 3. The van der Waals surface area contributed by atoms with Crippen molar-refractivity contribution in [3.05, 3.63) is 12.7 Å². The van der Waals surface area contributed by atoms with Gasteiger partial charge in [-0.05, 0) is 57.1 Å². The molecule has 0 spiro atoms. The Bertz CT molecular complexity index is 633. The number of hydrogen-bond donors (Lipinski definition) is 4. The van der Waals surface area contributed by atoms with E-state index in [-0.39, 0.29) is 24.2 Å². The van der Waals surface area contributed by atoms with Crippen LogP contribution in [0.25, 0.3) is 0 Å². The van der Waals surface area contributed by atoms with E-state index in [1.165, 1.54) is 32.1 Å². The van der Waals surface area contributed by atoms with Gasteiger partial charge in [0.25, 0.3) is 0 Å². The predicted molar refractivity (Wildman–Crippen MR) is 130 cm³/mol. The number of hydroxylamine groups is 1. The lowest BCUT2D eigenvalue weighted by molar-refractivity contribution is -0.141. The number of likely N-dealkylation sites (N-methyl/N-ethyl adjacent to an activating group) is 1. The largest absolute Gasteiger partial charge is 0.357 e. The molecule has 1 saturated carbocycles. The van der Waals surface area contributed by atoms with Crippen molar-refractivity contribution < 1.29 is 19.6 Å². The highest BCUT2D eigenvalue weighted by molar-refractivity contribution is 8.00. The van der Waals surface area contributed by atoms with Gasteiger partial charge in [0.15, 0.2) is 0 Å². The van der Waals surface area contributed by atoms with E-state index in [2.05, 4.69) is 17.2 Å². The maximum Gasteiger partial charge on any atom is 0.247 e. The fraction of sp³-hybridized carbons (Fsp3) is 0.792. The topological polar surface area (TPSA) is 108 Å². The van der Waals surface area contributed by atoms with Gasteiger partial charge in [-0.2, -0.15) is 11.8 Å². The van der Waals surface area contributed by atoms with Gasteiger partial charge in [0, 0.05) is 11.8 Å². The molecule has 0 heterocycles. The molecule has 3 unspecified atom stereocenters. The molecular weight excluding hydrogens is 426 g/mol. The highest BCUT2D eigenvalue weighted by Gasteiger charge is 2.40. The van der Waals surface area contributed by atoms with Gasteiger partial charge in [-0.1, -0.05) is 39.2 Å². The molecule has 0 aromatic carbocycles. The summed E-state index contributed by atoms with van der Waals surface area (Å²) in [5, 5.41) is 14.8. The molecule has 0 radical (unpaired) electrons. The Balaban J connectivity index is 3.05. The molecule has 1 rings (SSSR count). The van der Waals surface area contributed by atoms with Crippen LogP contribution in [0.4, 0.5) is 0 Å². The molecule has 1 aliphatic carbocycles. The highest BCUT2D eigenvalue weighted by atomic mass is 32.2. The quantitative estimate of drug-likeness (QED) is 0.187. The smallest absolute Gasteiger partial charge is 0.247 e. The lowest BCUT2D eigenvalue weighted by Crippen LogP contribution is -2.58. The SMILES string of the molecule is C=CCC(C(=O)NO)C(CC(C)C)C(=O)NC(C(=O)NC)C(C)(C)SCC1CCCCC1. The Morgan fingerprint density at radius 1 is 1.09 bits per heavy atom. The summed E-state index contributed by atoms with van der Waals surface area (Å²) >= 11 is 1.72. The van der Waals surface area contributed by atoms with Gasteiger partial charge in [0.05, 0.1) is 11.8 Å². The molecule has 0 saturated heterocycles. The first-order valence-corrected chi connectivity index (χ1v) is 12.8. The zero-order valence-corrected chi connectivity index (χ0v) is 21.2. The summed E-state index contributed by atoms with van der Waals surface area (Å²) in [6, 6.07) is -0.746. The molecule has 1 aliphatic rings. The van der Waals surface area contributed by atoms with Crippen LogP contribution in [-0.4, -0.2) is 46.5 Å². The Hall–Kier alpha value is -1.54. The van der Waals surface area contributed by atoms with Crippen molar-refractivity contribution in [2.75, 3.05) is 12.8 Å². The number of allylic oxidation sites excluding steroid dienone is 1. The molecule has 0 aromatic heterocycles. The summed E-state index contributed by atoms with van der Waals surface area (Å²) in [6.45, 7) is 11.6. The number of amides is 3. The Morgan fingerprint density at radius 2 is 1.72 bits per heavy atom. The maximum absolute atomic E-state index is 13.4. The lowest BCUT2D eigenvalue weighted by atomic mass is 9.81. The van der Waals surface area contributed by atoms with Crippen LogP contribution >= 0.6 is 11.8 Å². The summed E-state index contributed by atoms with van der Waals surface area (Å²) in [4.78, 5) is 38.5. The maximum atomic E-state index is 13.4. The average molecular weight is 470 g/mol. The summed E-state index contributed by atoms with van der Waals surface area (Å²) in [5.41, 5.74) is 1.68. The van der Waals surface area contributed by atoms with Gasteiger partial charge in [-0.3, -0.25) is 19.6 Å². The summed E-state index contributed by atoms with van der Waals surface area (Å²) in [5.74, 6) is -0.922. The van der Waals surface area contributed by atoms with Gasteiger partial charge in [0.1, 0.15) is 6.04 Å². The Kier molecular flexibility index (Phi) is 12.4. The average Bonchev–Trinajstić information content (AvgIpc) is 2.77. The zero-order chi connectivity index (χ0) is 24.3. The molecular formula is C24H43N3O4S.